The van der Waals surface area contributed by atoms with Crippen molar-refractivity contribution in [2.75, 3.05) is 26.3 Å². The summed E-state index contributed by atoms with van der Waals surface area (Å²) in [7, 11) is 0. The number of nitrogens with one attached hydrogen (secondary N) is 1. The minimum Gasteiger partial charge on any atom is -0.486 e. The summed E-state index contributed by atoms with van der Waals surface area (Å²) >= 11 is 6.25. The molecule has 1 fully saturated rings. The molecule has 0 unspecified atom stereocenters. The lowest BCUT2D eigenvalue weighted by atomic mass is 10.0. The standard InChI is InChI=1S/C22H25ClN2O3/c1-15(17-5-2-3-6-18(17)23)24-22(26)14-25-10-4-7-19(25)16-8-9-20-21(13-16)28-12-11-27-20/h2-3,5-6,8-9,13,15,19H,4,7,10-12,14H2,1H3,(H,24,26)/t15-,19-/m1/s1. The second kappa shape index (κ2) is 8.41. The molecule has 0 radical (unpaired) electrons. The van der Waals surface area contributed by atoms with Gasteiger partial charge in [-0.3, -0.25) is 9.69 Å². The number of likely N-dealkylation sites (tertiary alicyclic amines) is 1. The third-order valence-electron chi connectivity index (χ3n) is 5.41. The number of benzene rings is 2. The van der Waals surface area contributed by atoms with E-state index in [9.17, 15) is 4.79 Å². The number of nitrogens with zero attached hydrogens (tertiary/aromatic N) is 1. The van der Waals surface area contributed by atoms with Crippen molar-refractivity contribution in [2.24, 2.45) is 0 Å². The zero-order chi connectivity index (χ0) is 19.5. The first kappa shape index (κ1) is 19.1. The number of carbonyl (C=O) groups is 1. The number of halogens is 1. The summed E-state index contributed by atoms with van der Waals surface area (Å²) in [5.74, 6) is 1.61. The Balaban J connectivity index is 1.41. The maximum Gasteiger partial charge on any atom is 0.234 e. The van der Waals surface area contributed by atoms with Crippen LogP contribution in [0.4, 0.5) is 0 Å². The van der Waals surface area contributed by atoms with Crippen LogP contribution in [0.25, 0.3) is 0 Å². The first-order valence-electron chi connectivity index (χ1n) is 9.79. The summed E-state index contributed by atoms with van der Waals surface area (Å²) in [6.45, 7) is 4.40. The second-order valence-electron chi connectivity index (χ2n) is 7.34. The van der Waals surface area contributed by atoms with Crippen LogP contribution in [0.1, 0.15) is 43.0 Å². The van der Waals surface area contributed by atoms with Crippen LogP contribution in [0.15, 0.2) is 42.5 Å². The number of hydrogen-bond acceptors (Lipinski definition) is 4. The Morgan fingerprint density at radius 3 is 2.82 bits per heavy atom. The number of amides is 1. The summed E-state index contributed by atoms with van der Waals surface area (Å²) in [6.07, 6.45) is 2.11. The molecule has 28 heavy (non-hydrogen) atoms. The zero-order valence-corrected chi connectivity index (χ0v) is 16.7. The fourth-order valence-corrected chi connectivity index (χ4v) is 4.34. The number of ether oxygens (including phenoxy) is 2. The van der Waals surface area contributed by atoms with Crippen molar-refractivity contribution in [1.82, 2.24) is 10.2 Å². The van der Waals surface area contributed by atoms with E-state index in [4.69, 9.17) is 21.1 Å². The van der Waals surface area contributed by atoms with E-state index in [1.165, 1.54) is 5.56 Å². The molecule has 0 aromatic heterocycles. The van der Waals surface area contributed by atoms with Gasteiger partial charge in [-0.05, 0) is 55.6 Å². The lowest BCUT2D eigenvalue weighted by Crippen LogP contribution is -2.38. The highest BCUT2D eigenvalue weighted by Crippen LogP contribution is 2.37. The molecule has 1 amide bonds. The van der Waals surface area contributed by atoms with Crippen LogP contribution in [-0.2, 0) is 4.79 Å². The van der Waals surface area contributed by atoms with Crippen LogP contribution >= 0.6 is 11.6 Å². The summed E-state index contributed by atoms with van der Waals surface area (Å²) in [5.41, 5.74) is 2.11. The van der Waals surface area contributed by atoms with Crippen LogP contribution in [0.5, 0.6) is 11.5 Å². The van der Waals surface area contributed by atoms with Gasteiger partial charge in [-0.15, -0.1) is 0 Å². The van der Waals surface area contributed by atoms with E-state index in [1.807, 2.05) is 37.3 Å². The minimum atomic E-state index is -0.128. The molecule has 0 spiro atoms. The van der Waals surface area contributed by atoms with Gasteiger partial charge in [0.2, 0.25) is 5.91 Å². The Labute approximate surface area is 170 Å². The third-order valence-corrected chi connectivity index (χ3v) is 5.75. The highest BCUT2D eigenvalue weighted by molar-refractivity contribution is 6.31. The van der Waals surface area contributed by atoms with Crippen molar-refractivity contribution in [2.45, 2.75) is 31.8 Å². The highest BCUT2D eigenvalue weighted by atomic mass is 35.5. The molecule has 148 valence electrons. The molecule has 4 rings (SSSR count). The van der Waals surface area contributed by atoms with Gasteiger partial charge in [0.1, 0.15) is 13.2 Å². The van der Waals surface area contributed by atoms with Crippen molar-refractivity contribution < 1.29 is 14.3 Å². The van der Waals surface area contributed by atoms with Crippen LogP contribution in [0.3, 0.4) is 0 Å². The van der Waals surface area contributed by atoms with Crippen molar-refractivity contribution in [3.05, 3.63) is 58.6 Å². The van der Waals surface area contributed by atoms with Gasteiger partial charge in [0.15, 0.2) is 11.5 Å². The van der Waals surface area contributed by atoms with Gasteiger partial charge in [-0.25, -0.2) is 0 Å². The van der Waals surface area contributed by atoms with Crippen molar-refractivity contribution in [3.8, 4) is 11.5 Å². The molecule has 0 aliphatic carbocycles. The Morgan fingerprint density at radius 2 is 2.00 bits per heavy atom. The molecule has 0 bridgehead atoms. The van der Waals surface area contributed by atoms with Crippen molar-refractivity contribution >= 4 is 17.5 Å². The van der Waals surface area contributed by atoms with E-state index in [0.717, 1.165) is 36.4 Å². The van der Waals surface area contributed by atoms with E-state index in [0.29, 0.717) is 24.8 Å². The average Bonchev–Trinajstić information content (AvgIpc) is 3.15. The Kier molecular flexibility index (Phi) is 5.74. The molecule has 2 atom stereocenters. The van der Waals surface area contributed by atoms with Crippen LogP contribution < -0.4 is 14.8 Å². The summed E-state index contributed by atoms with van der Waals surface area (Å²) in [6, 6.07) is 13.8. The van der Waals surface area contributed by atoms with Gasteiger partial charge in [0.05, 0.1) is 12.6 Å². The molecule has 2 aliphatic heterocycles. The smallest absolute Gasteiger partial charge is 0.234 e. The second-order valence-corrected chi connectivity index (χ2v) is 7.75. The molecule has 1 N–H and O–H groups in total. The molecular weight excluding hydrogens is 376 g/mol. The van der Waals surface area contributed by atoms with Gasteiger partial charge >= 0.3 is 0 Å². The highest BCUT2D eigenvalue weighted by Gasteiger charge is 2.29. The number of rotatable bonds is 5. The quantitative estimate of drug-likeness (QED) is 0.820. The molecule has 2 aromatic carbocycles. The summed E-state index contributed by atoms with van der Waals surface area (Å²) in [4.78, 5) is 14.9. The van der Waals surface area contributed by atoms with Gasteiger partial charge in [0, 0.05) is 11.1 Å². The van der Waals surface area contributed by atoms with Crippen molar-refractivity contribution in [3.63, 3.8) is 0 Å². The van der Waals surface area contributed by atoms with Crippen LogP contribution in [0, 0.1) is 0 Å². The summed E-state index contributed by atoms with van der Waals surface area (Å²) < 4.78 is 11.3. The molecule has 1 saturated heterocycles. The Hall–Kier alpha value is -2.24. The van der Waals surface area contributed by atoms with E-state index < -0.39 is 0 Å². The van der Waals surface area contributed by atoms with Crippen LogP contribution in [-0.4, -0.2) is 37.1 Å². The number of hydrogen-bond donors (Lipinski definition) is 1. The van der Waals surface area contributed by atoms with E-state index >= 15 is 0 Å². The van der Waals surface area contributed by atoms with Gasteiger partial charge in [-0.1, -0.05) is 35.9 Å². The molecular formula is C22H25ClN2O3. The van der Waals surface area contributed by atoms with E-state index in [1.54, 1.807) is 0 Å². The maximum absolute atomic E-state index is 12.7. The SMILES string of the molecule is C[C@@H](NC(=O)CN1CCC[C@@H]1c1ccc2c(c1)OCCO2)c1ccccc1Cl. The zero-order valence-electron chi connectivity index (χ0n) is 16.0. The topological polar surface area (TPSA) is 50.8 Å². The Bertz CT molecular complexity index is 857. The molecule has 2 aliphatic rings. The maximum atomic E-state index is 12.7. The largest absolute Gasteiger partial charge is 0.486 e. The first-order valence-corrected chi connectivity index (χ1v) is 10.2. The lowest BCUT2D eigenvalue weighted by Gasteiger charge is -2.27. The summed E-state index contributed by atoms with van der Waals surface area (Å²) in [5, 5.41) is 3.75. The Morgan fingerprint density at radius 1 is 1.21 bits per heavy atom. The first-order chi connectivity index (χ1) is 13.6. The predicted octanol–water partition coefficient (Wildman–Crippen LogP) is 4.13. The monoisotopic (exact) mass is 400 g/mol. The molecule has 0 saturated carbocycles. The number of carbonyl (C=O) groups excluding carboxylic acids is 1. The van der Waals surface area contributed by atoms with Gasteiger partial charge in [-0.2, -0.15) is 0 Å². The number of fused-ring (bicyclic) bond motifs is 1. The molecule has 2 aromatic rings. The molecule has 6 heteroatoms. The van der Waals surface area contributed by atoms with Gasteiger partial charge < -0.3 is 14.8 Å². The van der Waals surface area contributed by atoms with E-state index in [2.05, 4.69) is 22.3 Å². The third kappa shape index (κ3) is 4.10. The fourth-order valence-electron chi connectivity index (χ4n) is 4.04. The van der Waals surface area contributed by atoms with Crippen LogP contribution in [0.2, 0.25) is 5.02 Å². The minimum absolute atomic E-state index is 0.0110. The average molecular weight is 401 g/mol. The van der Waals surface area contributed by atoms with Crippen molar-refractivity contribution in [1.29, 1.82) is 0 Å². The van der Waals surface area contributed by atoms with E-state index in [-0.39, 0.29) is 18.0 Å². The normalized spacial score (nSPS) is 20.0. The van der Waals surface area contributed by atoms with Gasteiger partial charge in [0.25, 0.3) is 0 Å². The molecule has 5 nitrogen and oxygen atoms in total. The fraction of sp³-hybridized carbons (Fsp3) is 0.409. The predicted molar refractivity (Wildman–Crippen MR) is 109 cm³/mol. The molecule has 2 heterocycles. The lowest BCUT2D eigenvalue weighted by molar-refractivity contribution is -0.123.